The molecular formula is C27H32O6. The second-order valence-corrected chi connectivity index (χ2v) is 9.67. The zero-order chi connectivity index (χ0) is 23.9. The molecule has 1 heterocycles. The van der Waals surface area contributed by atoms with E-state index in [1.54, 1.807) is 12.1 Å². The maximum absolute atomic E-state index is 12.9. The van der Waals surface area contributed by atoms with Gasteiger partial charge in [-0.3, -0.25) is 4.79 Å². The Morgan fingerprint density at radius 1 is 1.24 bits per heavy atom. The molecule has 6 nitrogen and oxygen atoms in total. The van der Waals surface area contributed by atoms with Gasteiger partial charge in [0.05, 0.1) is 5.56 Å². The average molecular weight is 453 g/mol. The first-order valence-corrected chi connectivity index (χ1v) is 11.7. The Morgan fingerprint density at radius 3 is 2.58 bits per heavy atom. The molecule has 33 heavy (non-hydrogen) atoms. The molecule has 176 valence electrons. The van der Waals surface area contributed by atoms with Crippen molar-refractivity contribution in [3.05, 3.63) is 58.7 Å². The fourth-order valence-corrected chi connectivity index (χ4v) is 5.69. The molecule has 2 fully saturated rings. The molecule has 1 saturated heterocycles. The van der Waals surface area contributed by atoms with Crippen LogP contribution in [-0.2, 0) is 30.2 Å². The summed E-state index contributed by atoms with van der Waals surface area (Å²) in [6.45, 7) is 11.3. The summed E-state index contributed by atoms with van der Waals surface area (Å²) in [6, 6.07) is 7.50. The third kappa shape index (κ3) is 4.23. The monoisotopic (exact) mass is 452 g/mol. The second-order valence-electron chi connectivity index (χ2n) is 9.67. The molecule has 1 aliphatic heterocycles. The van der Waals surface area contributed by atoms with Gasteiger partial charge in [0.2, 0.25) is 0 Å². The molecule has 0 aromatic heterocycles. The van der Waals surface area contributed by atoms with Crippen molar-refractivity contribution in [1.29, 1.82) is 0 Å². The average Bonchev–Trinajstić information content (AvgIpc) is 3.19. The normalized spacial score (nSPS) is 30.9. The van der Waals surface area contributed by atoms with Crippen molar-refractivity contribution in [3.8, 4) is 0 Å². The van der Waals surface area contributed by atoms with E-state index in [4.69, 9.17) is 14.2 Å². The molecule has 1 saturated carbocycles. The van der Waals surface area contributed by atoms with Crippen LogP contribution in [0.4, 0.5) is 0 Å². The molecule has 1 aromatic carbocycles. The van der Waals surface area contributed by atoms with Crippen molar-refractivity contribution in [2.75, 3.05) is 0 Å². The van der Waals surface area contributed by atoms with Gasteiger partial charge >= 0.3 is 17.9 Å². The van der Waals surface area contributed by atoms with Crippen LogP contribution in [0.1, 0.15) is 69.3 Å². The minimum Gasteiger partial charge on any atom is -0.459 e. The Morgan fingerprint density at radius 2 is 1.94 bits per heavy atom. The number of benzene rings is 1. The molecule has 1 aromatic rings. The summed E-state index contributed by atoms with van der Waals surface area (Å²) < 4.78 is 17.5. The molecule has 1 unspecified atom stereocenters. The van der Waals surface area contributed by atoms with Gasteiger partial charge in [-0.1, -0.05) is 32.1 Å². The van der Waals surface area contributed by atoms with Crippen molar-refractivity contribution in [2.45, 2.75) is 77.6 Å². The fraction of sp³-hybridized carbons (Fsp3) is 0.519. The van der Waals surface area contributed by atoms with Crippen LogP contribution in [0.3, 0.4) is 0 Å². The van der Waals surface area contributed by atoms with Gasteiger partial charge in [0.25, 0.3) is 0 Å². The Hall–Kier alpha value is -2.89. The van der Waals surface area contributed by atoms with Crippen LogP contribution in [0.15, 0.2) is 47.6 Å². The summed E-state index contributed by atoms with van der Waals surface area (Å²) >= 11 is 0. The van der Waals surface area contributed by atoms with Crippen LogP contribution < -0.4 is 0 Å². The van der Waals surface area contributed by atoms with E-state index in [0.717, 1.165) is 24.0 Å². The van der Waals surface area contributed by atoms with Crippen LogP contribution in [-0.4, -0.2) is 35.7 Å². The highest BCUT2D eigenvalue weighted by molar-refractivity contribution is 5.91. The summed E-state index contributed by atoms with van der Waals surface area (Å²) in [5.74, 6) is -1.50. The number of hydrogen-bond acceptors (Lipinski definition) is 6. The minimum absolute atomic E-state index is 0.164. The highest BCUT2D eigenvalue weighted by Gasteiger charge is 2.56. The zero-order valence-corrected chi connectivity index (χ0v) is 19.8. The summed E-state index contributed by atoms with van der Waals surface area (Å²) in [5.41, 5.74) is 3.14. The van der Waals surface area contributed by atoms with Crippen LogP contribution >= 0.6 is 0 Å². The first-order chi connectivity index (χ1) is 15.6. The molecule has 5 atom stereocenters. The van der Waals surface area contributed by atoms with Crippen molar-refractivity contribution in [2.24, 2.45) is 11.8 Å². The van der Waals surface area contributed by atoms with Crippen molar-refractivity contribution >= 4 is 17.9 Å². The maximum Gasteiger partial charge on any atom is 0.338 e. The predicted octanol–water partition coefficient (Wildman–Crippen LogP) is 4.71. The molecule has 3 aliphatic rings. The number of fused-ring (bicyclic) bond motifs is 3. The van der Waals surface area contributed by atoms with Crippen LogP contribution in [0.25, 0.3) is 0 Å². The largest absolute Gasteiger partial charge is 0.459 e. The number of carbonyl (C=O) groups is 3. The zero-order valence-electron chi connectivity index (χ0n) is 19.8. The summed E-state index contributed by atoms with van der Waals surface area (Å²) in [5, 5.41) is 0. The molecule has 6 heteroatoms. The Labute approximate surface area is 195 Å². The smallest absolute Gasteiger partial charge is 0.338 e. The summed E-state index contributed by atoms with van der Waals surface area (Å²) in [6.07, 6.45) is 2.77. The molecule has 4 rings (SSSR count). The van der Waals surface area contributed by atoms with E-state index >= 15 is 0 Å². The number of ether oxygens (including phenoxy) is 3. The van der Waals surface area contributed by atoms with Gasteiger partial charge in [0, 0.05) is 24.3 Å². The van der Waals surface area contributed by atoms with Gasteiger partial charge in [-0.25, -0.2) is 9.59 Å². The van der Waals surface area contributed by atoms with Crippen molar-refractivity contribution < 1.29 is 28.6 Å². The van der Waals surface area contributed by atoms with Gasteiger partial charge in [-0.15, -0.1) is 0 Å². The van der Waals surface area contributed by atoms with Gasteiger partial charge in [0.15, 0.2) is 0 Å². The quantitative estimate of drug-likeness (QED) is 0.279. The molecule has 0 amide bonds. The lowest BCUT2D eigenvalue weighted by Crippen LogP contribution is -2.40. The number of rotatable bonds is 5. The standard InChI is InChI=1S/C27H32O6/c1-6-7-18-8-10-19(11-9-18)26(30)31-22-14-21-23(16(22)3)24-20(15(2)25(29)32-24)12-13-27(21,5)33-17(4)28/h8-11,20-22,24H,2,6-7,12-14H2,1,3-5H3/t20-,21?,22-,24-,27+/m0/s1. The van der Waals surface area contributed by atoms with E-state index in [2.05, 4.69) is 13.5 Å². The third-order valence-electron chi connectivity index (χ3n) is 7.42. The van der Waals surface area contributed by atoms with E-state index < -0.39 is 23.8 Å². The van der Waals surface area contributed by atoms with Crippen LogP contribution in [0.5, 0.6) is 0 Å². The van der Waals surface area contributed by atoms with Gasteiger partial charge in [-0.05, 0) is 68.4 Å². The Bertz CT molecular complexity index is 1020. The lowest BCUT2D eigenvalue weighted by atomic mass is 9.81. The minimum atomic E-state index is -0.775. The Balaban J connectivity index is 1.63. The van der Waals surface area contributed by atoms with Crippen molar-refractivity contribution in [1.82, 2.24) is 0 Å². The Kier molecular flexibility index (Phi) is 6.21. The molecule has 0 radical (unpaired) electrons. The molecule has 0 bridgehead atoms. The van der Waals surface area contributed by atoms with Gasteiger partial charge < -0.3 is 14.2 Å². The first kappa shape index (κ1) is 23.3. The maximum atomic E-state index is 12.9. The number of hydrogen-bond donors (Lipinski definition) is 0. The lowest BCUT2D eigenvalue weighted by molar-refractivity contribution is -0.161. The van der Waals surface area contributed by atoms with E-state index in [9.17, 15) is 14.4 Å². The lowest BCUT2D eigenvalue weighted by Gasteiger charge is -2.35. The second kappa shape index (κ2) is 8.81. The van der Waals surface area contributed by atoms with E-state index in [0.29, 0.717) is 30.4 Å². The first-order valence-electron chi connectivity index (χ1n) is 11.7. The van der Waals surface area contributed by atoms with E-state index in [1.165, 1.54) is 12.5 Å². The number of carbonyl (C=O) groups excluding carboxylic acids is 3. The highest BCUT2D eigenvalue weighted by Crippen LogP contribution is 2.53. The topological polar surface area (TPSA) is 78.9 Å². The van der Waals surface area contributed by atoms with Crippen LogP contribution in [0, 0.1) is 11.8 Å². The molecule has 0 N–H and O–H groups in total. The number of aryl methyl sites for hydroxylation is 1. The summed E-state index contributed by atoms with van der Waals surface area (Å²) in [4.78, 5) is 37.2. The molecule has 0 spiro atoms. The predicted molar refractivity (Wildman–Crippen MR) is 122 cm³/mol. The summed E-state index contributed by atoms with van der Waals surface area (Å²) in [7, 11) is 0. The molecular weight excluding hydrogens is 420 g/mol. The number of esters is 3. The van der Waals surface area contributed by atoms with E-state index in [-0.39, 0.29) is 23.8 Å². The third-order valence-corrected chi connectivity index (χ3v) is 7.42. The van der Waals surface area contributed by atoms with Gasteiger partial charge in [-0.2, -0.15) is 0 Å². The fourth-order valence-electron chi connectivity index (χ4n) is 5.69. The SMILES string of the molecule is C=C1C(=O)O[C@@H]2C3=C(C)[C@@H](OC(=O)c4ccc(CCC)cc4)CC3[C@](C)(OC(C)=O)CC[C@@H]12. The van der Waals surface area contributed by atoms with Gasteiger partial charge in [0.1, 0.15) is 17.8 Å². The van der Waals surface area contributed by atoms with Crippen molar-refractivity contribution in [3.63, 3.8) is 0 Å². The van der Waals surface area contributed by atoms with E-state index in [1.807, 2.05) is 26.0 Å². The van der Waals surface area contributed by atoms with Crippen LogP contribution in [0.2, 0.25) is 0 Å². The highest BCUT2D eigenvalue weighted by atomic mass is 16.6. The molecule has 2 aliphatic carbocycles.